The van der Waals surface area contributed by atoms with E-state index in [1.807, 2.05) is 12.1 Å². The predicted molar refractivity (Wildman–Crippen MR) is 113 cm³/mol. The Labute approximate surface area is 163 Å². The third-order valence-corrected chi connectivity index (χ3v) is 5.11. The average molecular weight is 368 g/mol. The van der Waals surface area contributed by atoms with Crippen LogP contribution in [-0.4, -0.2) is 12.7 Å². The normalized spacial score (nSPS) is 13.3. The minimum atomic E-state index is -0.385. The molecule has 3 rings (SSSR count). The molecule has 0 aliphatic heterocycles. The Morgan fingerprint density at radius 1 is 0.926 bits per heavy atom. The fraction of sp³-hybridized carbons (Fsp3) is 0.458. The summed E-state index contributed by atoms with van der Waals surface area (Å²) in [6.07, 6.45) is 9.52. The van der Waals surface area contributed by atoms with Crippen molar-refractivity contribution in [1.29, 1.82) is 0 Å². The smallest absolute Gasteiger partial charge is 0.339 e. The fourth-order valence-corrected chi connectivity index (χ4v) is 3.15. The van der Waals surface area contributed by atoms with Gasteiger partial charge in [0, 0.05) is 0 Å². The van der Waals surface area contributed by atoms with Gasteiger partial charge in [0.05, 0.1) is 5.56 Å². The highest BCUT2D eigenvalue weighted by Crippen LogP contribution is 2.36. The Bertz CT molecular complexity index is 669. The van der Waals surface area contributed by atoms with Gasteiger partial charge in [0.25, 0.3) is 0 Å². The van der Waals surface area contributed by atoms with Crippen LogP contribution in [0.4, 0.5) is 0 Å². The molecule has 0 heterocycles. The lowest BCUT2D eigenvalue weighted by atomic mass is 9.80. The number of carbonyl (C=O) groups is 1. The van der Waals surface area contributed by atoms with E-state index in [1.165, 1.54) is 50.5 Å². The second-order valence-electron chi connectivity index (χ2n) is 7.13. The number of esters is 1. The molecule has 1 fully saturated rings. The maximum atomic E-state index is 11.5. The molecule has 0 bridgehead atoms. The number of unbranched alkanes of at least 4 members (excludes halogenated alkanes) is 3. The van der Waals surface area contributed by atoms with E-state index in [0.29, 0.717) is 5.56 Å². The van der Waals surface area contributed by atoms with Crippen LogP contribution >= 0.6 is 0 Å². The molecule has 2 aromatic rings. The van der Waals surface area contributed by atoms with Gasteiger partial charge in [-0.15, -0.1) is 0 Å². The number of rotatable bonds is 7. The number of benzene rings is 2. The van der Waals surface area contributed by atoms with Crippen molar-refractivity contribution in [2.75, 3.05) is 6.73 Å². The van der Waals surface area contributed by atoms with Gasteiger partial charge in [0.2, 0.25) is 0 Å². The first-order chi connectivity index (χ1) is 13.2. The lowest BCUT2D eigenvalue weighted by Crippen LogP contribution is -2.11. The Morgan fingerprint density at radius 3 is 1.85 bits per heavy atom. The van der Waals surface area contributed by atoms with Crippen molar-refractivity contribution in [2.45, 2.75) is 64.7 Å². The molecule has 3 nitrogen and oxygen atoms in total. The van der Waals surface area contributed by atoms with Crippen LogP contribution in [0.25, 0.3) is 11.1 Å². The van der Waals surface area contributed by atoms with E-state index >= 15 is 0 Å². The standard InChI is InChI=1S/C18H19NO2.C6H14/c19-12-21-18(20)17-10-8-16(9-11-17)15-6-4-14(5-7-15)13-2-1-3-13;1-3-5-6-4-2/h4-11,13H,1-3,12,19H2;3-6H2,1-2H3. The van der Waals surface area contributed by atoms with E-state index in [0.717, 1.165) is 17.0 Å². The zero-order valence-electron chi connectivity index (χ0n) is 16.7. The summed E-state index contributed by atoms with van der Waals surface area (Å²) in [6.45, 7) is 4.37. The first kappa shape index (κ1) is 21.2. The van der Waals surface area contributed by atoms with Gasteiger partial charge < -0.3 is 4.74 Å². The quantitative estimate of drug-likeness (QED) is 0.356. The molecule has 27 heavy (non-hydrogen) atoms. The molecule has 0 aromatic heterocycles. The molecule has 1 saturated carbocycles. The molecular formula is C24H33NO2. The van der Waals surface area contributed by atoms with E-state index in [2.05, 4.69) is 38.1 Å². The SMILES string of the molecule is CCCCCC.NCOC(=O)c1ccc(-c2ccc(C3CCC3)cc2)cc1. The van der Waals surface area contributed by atoms with Crippen molar-refractivity contribution >= 4 is 5.97 Å². The molecule has 0 saturated heterocycles. The summed E-state index contributed by atoms with van der Waals surface area (Å²) in [5.41, 5.74) is 9.42. The fourth-order valence-electron chi connectivity index (χ4n) is 3.15. The highest BCUT2D eigenvalue weighted by atomic mass is 16.5. The van der Waals surface area contributed by atoms with Gasteiger partial charge in [-0.3, -0.25) is 5.73 Å². The summed E-state index contributed by atoms with van der Waals surface area (Å²) in [7, 11) is 0. The van der Waals surface area contributed by atoms with E-state index in [4.69, 9.17) is 10.5 Å². The second-order valence-corrected chi connectivity index (χ2v) is 7.13. The van der Waals surface area contributed by atoms with E-state index < -0.39 is 0 Å². The van der Waals surface area contributed by atoms with Crippen LogP contribution in [-0.2, 0) is 4.74 Å². The minimum absolute atomic E-state index is 0.0940. The van der Waals surface area contributed by atoms with Crippen molar-refractivity contribution in [3.05, 3.63) is 59.7 Å². The molecule has 0 atom stereocenters. The number of carbonyl (C=O) groups excluding carboxylic acids is 1. The third-order valence-electron chi connectivity index (χ3n) is 5.11. The largest absolute Gasteiger partial charge is 0.446 e. The van der Waals surface area contributed by atoms with E-state index in [-0.39, 0.29) is 12.7 Å². The van der Waals surface area contributed by atoms with Gasteiger partial charge in [-0.25, -0.2) is 4.79 Å². The van der Waals surface area contributed by atoms with Gasteiger partial charge >= 0.3 is 5.97 Å². The lowest BCUT2D eigenvalue weighted by Gasteiger charge is -2.25. The maximum absolute atomic E-state index is 11.5. The predicted octanol–water partition coefficient (Wildman–Crippen LogP) is 6.28. The summed E-state index contributed by atoms with van der Waals surface area (Å²) in [5, 5.41) is 0. The van der Waals surface area contributed by atoms with Crippen LogP contribution in [0, 0.1) is 0 Å². The highest BCUT2D eigenvalue weighted by Gasteiger charge is 2.19. The molecular weight excluding hydrogens is 334 g/mol. The van der Waals surface area contributed by atoms with Crippen molar-refractivity contribution in [3.63, 3.8) is 0 Å². The van der Waals surface area contributed by atoms with Crippen LogP contribution in [0.2, 0.25) is 0 Å². The van der Waals surface area contributed by atoms with Crippen LogP contribution in [0.5, 0.6) is 0 Å². The molecule has 2 aromatic carbocycles. The van der Waals surface area contributed by atoms with E-state index in [9.17, 15) is 4.79 Å². The number of nitrogens with two attached hydrogens (primary N) is 1. The Balaban J connectivity index is 0.000000380. The van der Waals surface area contributed by atoms with Gasteiger partial charge in [-0.05, 0) is 47.6 Å². The summed E-state index contributed by atoms with van der Waals surface area (Å²) in [4.78, 5) is 11.5. The first-order valence-electron chi connectivity index (χ1n) is 10.3. The molecule has 1 aliphatic carbocycles. The van der Waals surface area contributed by atoms with Crippen molar-refractivity contribution in [3.8, 4) is 11.1 Å². The molecule has 1 aliphatic rings. The van der Waals surface area contributed by atoms with E-state index in [1.54, 1.807) is 12.1 Å². The first-order valence-corrected chi connectivity index (χ1v) is 10.3. The zero-order chi connectivity index (χ0) is 19.5. The Hall–Kier alpha value is -2.13. The van der Waals surface area contributed by atoms with Crippen LogP contribution in [0.3, 0.4) is 0 Å². The maximum Gasteiger partial charge on any atom is 0.339 e. The highest BCUT2D eigenvalue weighted by molar-refractivity contribution is 5.90. The number of hydrogen-bond acceptors (Lipinski definition) is 3. The van der Waals surface area contributed by atoms with Crippen LogP contribution < -0.4 is 5.73 Å². The second kappa shape index (κ2) is 11.6. The summed E-state index contributed by atoms with van der Waals surface area (Å²) >= 11 is 0. The lowest BCUT2D eigenvalue weighted by molar-refractivity contribution is 0.0515. The Morgan fingerprint density at radius 2 is 1.44 bits per heavy atom. The molecule has 146 valence electrons. The topological polar surface area (TPSA) is 52.3 Å². The van der Waals surface area contributed by atoms with Crippen LogP contribution in [0.1, 0.15) is 80.6 Å². The summed E-state index contributed by atoms with van der Waals surface area (Å²) in [6, 6.07) is 16.2. The van der Waals surface area contributed by atoms with Crippen molar-refractivity contribution < 1.29 is 9.53 Å². The Kier molecular flexibility index (Phi) is 9.06. The van der Waals surface area contributed by atoms with Crippen molar-refractivity contribution in [1.82, 2.24) is 0 Å². The number of hydrogen-bond donors (Lipinski definition) is 1. The van der Waals surface area contributed by atoms with Gasteiger partial charge in [-0.2, -0.15) is 0 Å². The molecule has 0 unspecified atom stereocenters. The molecule has 0 amide bonds. The van der Waals surface area contributed by atoms with Gasteiger partial charge in [0.1, 0.15) is 6.73 Å². The van der Waals surface area contributed by atoms with Gasteiger partial charge in [0.15, 0.2) is 0 Å². The molecule has 0 radical (unpaired) electrons. The number of ether oxygens (including phenoxy) is 1. The summed E-state index contributed by atoms with van der Waals surface area (Å²) in [5.74, 6) is 0.372. The minimum Gasteiger partial charge on any atom is -0.446 e. The summed E-state index contributed by atoms with van der Waals surface area (Å²) < 4.78 is 4.77. The van der Waals surface area contributed by atoms with Crippen LogP contribution in [0.15, 0.2) is 48.5 Å². The third kappa shape index (κ3) is 6.51. The molecule has 2 N–H and O–H groups in total. The average Bonchev–Trinajstić information content (AvgIpc) is 2.66. The molecule has 3 heteroatoms. The monoisotopic (exact) mass is 367 g/mol. The van der Waals surface area contributed by atoms with Crippen molar-refractivity contribution in [2.24, 2.45) is 5.73 Å². The molecule has 0 spiro atoms. The zero-order valence-corrected chi connectivity index (χ0v) is 16.7. The van der Waals surface area contributed by atoms with Gasteiger partial charge in [-0.1, -0.05) is 82.3 Å².